The summed E-state index contributed by atoms with van der Waals surface area (Å²) >= 11 is 0. The maximum absolute atomic E-state index is 13.1. The van der Waals surface area contributed by atoms with Crippen molar-refractivity contribution in [3.05, 3.63) is 45.6 Å². The van der Waals surface area contributed by atoms with E-state index in [1.165, 1.54) is 16.5 Å². The van der Waals surface area contributed by atoms with Gasteiger partial charge in [-0.3, -0.25) is 14.5 Å². The molecule has 0 saturated heterocycles. The fourth-order valence-electron chi connectivity index (χ4n) is 2.22. The van der Waals surface area contributed by atoms with Crippen LogP contribution in [0.5, 0.6) is 0 Å². The summed E-state index contributed by atoms with van der Waals surface area (Å²) in [4.78, 5) is 15.2. The van der Waals surface area contributed by atoms with Crippen LogP contribution in [0.25, 0.3) is 0 Å². The van der Waals surface area contributed by atoms with Crippen molar-refractivity contribution < 1.29 is 4.39 Å². The number of nitrogens with zero attached hydrogens (tertiary/aromatic N) is 3. The van der Waals surface area contributed by atoms with Crippen LogP contribution in [0.4, 0.5) is 4.39 Å². The number of nitrogens with one attached hydrogen (secondary N) is 1. The Morgan fingerprint density at radius 2 is 2.35 bits per heavy atom. The first-order valence-corrected chi connectivity index (χ1v) is 5.50. The normalized spacial score (nSPS) is 13.9. The highest BCUT2D eigenvalue weighted by Gasteiger charge is 2.18. The second kappa shape index (κ2) is 3.80. The number of hydrogen-bond donors (Lipinski definition) is 1. The molecule has 3 rings (SSSR count). The van der Waals surface area contributed by atoms with Gasteiger partial charge in [-0.15, -0.1) is 0 Å². The molecule has 0 bridgehead atoms. The molecule has 0 fully saturated rings. The van der Waals surface area contributed by atoms with E-state index >= 15 is 0 Å². The van der Waals surface area contributed by atoms with Gasteiger partial charge in [0, 0.05) is 5.69 Å². The number of halogens is 1. The first kappa shape index (κ1) is 10.2. The molecular formula is C11H11FN4O. The molecule has 1 aliphatic carbocycles. The van der Waals surface area contributed by atoms with Crippen molar-refractivity contribution in [1.82, 2.24) is 19.7 Å². The van der Waals surface area contributed by atoms with E-state index in [0.717, 1.165) is 36.8 Å². The molecule has 2 heterocycles. The highest BCUT2D eigenvalue weighted by molar-refractivity contribution is 5.29. The summed E-state index contributed by atoms with van der Waals surface area (Å²) in [5, 5.41) is 7.13. The van der Waals surface area contributed by atoms with Gasteiger partial charge >= 0.3 is 0 Å². The van der Waals surface area contributed by atoms with Crippen LogP contribution in [-0.2, 0) is 19.4 Å². The lowest BCUT2D eigenvalue weighted by molar-refractivity contribution is 0.564. The molecule has 2 aromatic heterocycles. The Morgan fingerprint density at radius 1 is 1.47 bits per heavy atom. The van der Waals surface area contributed by atoms with Gasteiger partial charge < -0.3 is 0 Å². The van der Waals surface area contributed by atoms with Crippen LogP contribution in [0.3, 0.4) is 0 Å². The molecule has 5 nitrogen and oxygen atoms in total. The summed E-state index contributed by atoms with van der Waals surface area (Å²) in [6.45, 7) is 0.273. The van der Waals surface area contributed by atoms with Crippen LogP contribution in [0.2, 0.25) is 0 Å². The van der Waals surface area contributed by atoms with E-state index in [9.17, 15) is 9.18 Å². The van der Waals surface area contributed by atoms with Crippen molar-refractivity contribution in [1.29, 1.82) is 0 Å². The molecule has 2 aromatic rings. The van der Waals surface area contributed by atoms with Crippen molar-refractivity contribution in [2.75, 3.05) is 0 Å². The molecule has 1 N–H and O–H groups in total. The minimum absolute atomic E-state index is 0.273. The molecular weight excluding hydrogens is 223 g/mol. The molecule has 88 valence electrons. The third kappa shape index (κ3) is 1.65. The maximum Gasteiger partial charge on any atom is 0.289 e. The molecule has 17 heavy (non-hydrogen) atoms. The van der Waals surface area contributed by atoms with E-state index in [1.54, 1.807) is 0 Å². The van der Waals surface area contributed by atoms with E-state index in [0.29, 0.717) is 0 Å². The zero-order valence-electron chi connectivity index (χ0n) is 9.11. The number of rotatable bonds is 2. The molecule has 0 amide bonds. The first-order valence-electron chi connectivity index (χ1n) is 5.50. The minimum Gasteiger partial charge on any atom is -0.291 e. The Balaban J connectivity index is 1.97. The first-order chi connectivity index (χ1) is 8.25. The van der Waals surface area contributed by atoms with Crippen LogP contribution >= 0.6 is 0 Å². The lowest BCUT2D eigenvalue weighted by Crippen LogP contribution is -2.24. The smallest absolute Gasteiger partial charge is 0.289 e. The Morgan fingerprint density at radius 3 is 3.24 bits per heavy atom. The highest BCUT2D eigenvalue weighted by atomic mass is 19.1. The van der Waals surface area contributed by atoms with Gasteiger partial charge in [-0.25, -0.2) is 4.98 Å². The molecule has 1 aliphatic rings. The van der Waals surface area contributed by atoms with Crippen molar-refractivity contribution >= 4 is 0 Å². The number of H-pyrrole nitrogens is 1. The Kier molecular flexibility index (Phi) is 2.28. The SMILES string of the molecule is O=c1c(F)cncn1Cc1n[nH]c2c1CCC2. The molecule has 0 aromatic carbocycles. The summed E-state index contributed by atoms with van der Waals surface area (Å²) in [6.07, 6.45) is 5.33. The van der Waals surface area contributed by atoms with Gasteiger partial charge in [0.05, 0.1) is 24.8 Å². The summed E-state index contributed by atoms with van der Waals surface area (Å²) < 4.78 is 14.3. The summed E-state index contributed by atoms with van der Waals surface area (Å²) in [5.74, 6) is -0.834. The van der Waals surface area contributed by atoms with Gasteiger partial charge in [0.25, 0.3) is 5.56 Å². The van der Waals surface area contributed by atoms with E-state index in [2.05, 4.69) is 15.2 Å². The Labute approximate surface area is 96.3 Å². The van der Waals surface area contributed by atoms with Crippen molar-refractivity contribution in [2.24, 2.45) is 0 Å². The lowest BCUT2D eigenvalue weighted by Gasteiger charge is -2.03. The Hall–Kier alpha value is -1.98. The topological polar surface area (TPSA) is 63.6 Å². The summed E-state index contributed by atoms with van der Waals surface area (Å²) in [5.41, 5.74) is 2.46. The van der Waals surface area contributed by atoms with Crippen molar-refractivity contribution in [3.63, 3.8) is 0 Å². The molecule has 0 saturated carbocycles. The van der Waals surface area contributed by atoms with Gasteiger partial charge in [0.1, 0.15) is 0 Å². The number of fused-ring (bicyclic) bond motifs is 1. The summed E-state index contributed by atoms with van der Waals surface area (Å²) in [7, 11) is 0. The average Bonchev–Trinajstić information content (AvgIpc) is 2.89. The fraction of sp³-hybridized carbons (Fsp3) is 0.364. The van der Waals surface area contributed by atoms with Gasteiger partial charge in [-0.1, -0.05) is 0 Å². The maximum atomic E-state index is 13.1. The van der Waals surface area contributed by atoms with Crippen molar-refractivity contribution in [2.45, 2.75) is 25.8 Å². The second-order valence-corrected chi connectivity index (χ2v) is 4.16. The van der Waals surface area contributed by atoms with Crippen LogP contribution in [0, 0.1) is 5.82 Å². The molecule has 0 atom stereocenters. The standard InChI is InChI=1S/C11H11FN4O/c12-8-4-13-6-16(11(8)17)5-10-7-2-1-3-9(7)14-15-10/h4,6H,1-3,5H2,(H,14,15). The van der Waals surface area contributed by atoms with Gasteiger partial charge in [0.15, 0.2) is 0 Å². The molecule has 6 heteroatoms. The number of aromatic amines is 1. The Bertz CT molecular complexity index is 616. The van der Waals surface area contributed by atoms with Crippen LogP contribution in [0.1, 0.15) is 23.4 Å². The second-order valence-electron chi connectivity index (χ2n) is 4.16. The number of aromatic nitrogens is 4. The van der Waals surface area contributed by atoms with Crippen LogP contribution in [-0.4, -0.2) is 19.7 Å². The highest BCUT2D eigenvalue weighted by Crippen LogP contribution is 2.22. The molecule has 0 spiro atoms. The monoisotopic (exact) mass is 234 g/mol. The minimum atomic E-state index is -0.834. The zero-order valence-corrected chi connectivity index (χ0v) is 9.11. The van der Waals surface area contributed by atoms with Crippen LogP contribution in [0.15, 0.2) is 17.3 Å². The largest absolute Gasteiger partial charge is 0.291 e. The van der Waals surface area contributed by atoms with E-state index in [1.807, 2.05) is 0 Å². The van der Waals surface area contributed by atoms with E-state index in [-0.39, 0.29) is 6.54 Å². The molecule has 0 aliphatic heterocycles. The van der Waals surface area contributed by atoms with Gasteiger partial charge in [-0.05, 0) is 24.8 Å². The van der Waals surface area contributed by atoms with Crippen LogP contribution < -0.4 is 5.56 Å². The predicted molar refractivity (Wildman–Crippen MR) is 58.2 cm³/mol. The average molecular weight is 234 g/mol. The quantitative estimate of drug-likeness (QED) is 0.829. The lowest BCUT2D eigenvalue weighted by atomic mass is 10.2. The number of aryl methyl sites for hydroxylation is 1. The van der Waals surface area contributed by atoms with E-state index in [4.69, 9.17) is 0 Å². The molecule has 0 unspecified atom stereocenters. The third-order valence-corrected chi connectivity index (χ3v) is 3.07. The van der Waals surface area contributed by atoms with E-state index < -0.39 is 11.4 Å². The summed E-state index contributed by atoms with van der Waals surface area (Å²) in [6, 6.07) is 0. The molecule has 0 radical (unpaired) electrons. The van der Waals surface area contributed by atoms with Gasteiger partial charge in [-0.2, -0.15) is 9.49 Å². The number of hydrogen-bond acceptors (Lipinski definition) is 3. The van der Waals surface area contributed by atoms with Gasteiger partial charge in [0.2, 0.25) is 5.82 Å². The zero-order chi connectivity index (χ0) is 11.8. The third-order valence-electron chi connectivity index (χ3n) is 3.07. The van der Waals surface area contributed by atoms with Crippen molar-refractivity contribution in [3.8, 4) is 0 Å². The predicted octanol–water partition coefficient (Wildman–Crippen LogP) is 0.642. The fourth-order valence-corrected chi connectivity index (χ4v) is 2.22.